The molecule has 0 radical (unpaired) electrons. The van der Waals surface area contributed by atoms with E-state index in [4.69, 9.17) is 15.2 Å². The van der Waals surface area contributed by atoms with Gasteiger partial charge in [0.25, 0.3) is 0 Å². The Kier molecular flexibility index (Phi) is 4.12. The van der Waals surface area contributed by atoms with Gasteiger partial charge in [-0.25, -0.2) is 0 Å². The van der Waals surface area contributed by atoms with Crippen LogP contribution in [0.1, 0.15) is 56.7 Å². The lowest BCUT2D eigenvalue weighted by molar-refractivity contribution is 0.286. The average molecular weight is 249 g/mol. The Balaban J connectivity index is 2.45. The molecule has 3 nitrogen and oxygen atoms in total. The minimum absolute atomic E-state index is 0.131. The van der Waals surface area contributed by atoms with Gasteiger partial charge < -0.3 is 15.2 Å². The first-order valence-corrected chi connectivity index (χ1v) is 6.86. The third kappa shape index (κ3) is 2.46. The Labute approximate surface area is 109 Å². The lowest BCUT2D eigenvalue weighted by Gasteiger charge is -2.28. The molecule has 1 aromatic rings. The summed E-state index contributed by atoms with van der Waals surface area (Å²) in [5.74, 6) is 2.22. The highest BCUT2D eigenvalue weighted by Gasteiger charge is 2.24. The highest BCUT2D eigenvalue weighted by molar-refractivity contribution is 5.50. The molecule has 2 atom stereocenters. The molecule has 0 amide bonds. The number of benzene rings is 1. The van der Waals surface area contributed by atoms with Gasteiger partial charge >= 0.3 is 0 Å². The molecule has 100 valence electrons. The van der Waals surface area contributed by atoms with Gasteiger partial charge in [0, 0.05) is 6.04 Å². The molecular weight excluding hydrogens is 226 g/mol. The van der Waals surface area contributed by atoms with Crippen molar-refractivity contribution in [3.05, 3.63) is 23.3 Å². The van der Waals surface area contributed by atoms with Gasteiger partial charge in [-0.15, -0.1) is 0 Å². The summed E-state index contributed by atoms with van der Waals surface area (Å²) in [6, 6.07) is 4.32. The van der Waals surface area contributed by atoms with Crippen molar-refractivity contribution in [3.8, 4) is 11.5 Å². The molecule has 18 heavy (non-hydrogen) atoms. The molecule has 0 heterocycles. The van der Waals surface area contributed by atoms with Gasteiger partial charge in [-0.1, -0.05) is 6.92 Å². The van der Waals surface area contributed by atoms with Crippen molar-refractivity contribution in [2.24, 2.45) is 5.73 Å². The van der Waals surface area contributed by atoms with Crippen LogP contribution in [0, 0.1) is 0 Å². The summed E-state index contributed by atoms with van der Waals surface area (Å²) in [6.45, 7) is 7.52. The lowest BCUT2D eigenvalue weighted by Crippen LogP contribution is -2.19. The zero-order valence-corrected chi connectivity index (χ0v) is 11.5. The van der Waals surface area contributed by atoms with Crippen LogP contribution in [0.2, 0.25) is 0 Å². The number of ether oxygens (including phenoxy) is 2. The van der Waals surface area contributed by atoms with Gasteiger partial charge in [-0.2, -0.15) is 0 Å². The number of rotatable bonds is 4. The standard InChI is InChI=1S/C15H23NO2/c1-4-17-14-8-11-10(3)6-7-13(16)12(11)9-15(14)18-5-2/h8-10,13H,4-7,16H2,1-3H3/t10?,13-/m0/s1. The van der Waals surface area contributed by atoms with Crippen LogP contribution < -0.4 is 15.2 Å². The van der Waals surface area contributed by atoms with Gasteiger partial charge in [-0.05, 0) is 55.9 Å². The third-order valence-corrected chi connectivity index (χ3v) is 3.59. The van der Waals surface area contributed by atoms with Gasteiger partial charge in [0.05, 0.1) is 13.2 Å². The fourth-order valence-corrected chi connectivity index (χ4v) is 2.62. The molecule has 1 unspecified atom stereocenters. The van der Waals surface area contributed by atoms with Crippen LogP contribution in [0.25, 0.3) is 0 Å². The summed E-state index contributed by atoms with van der Waals surface area (Å²) in [7, 11) is 0. The highest BCUT2D eigenvalue weighted by atomic mass is 16.5. The predicted molar refractivity (Wildman–Crippen MR) is 73.4 cm³/mol. The molecule has 0 saturated heterocycles. The highest BCUT2D eigenvalue weighted by Crippen LogP contribution is 2.42. The van der Waals surface area contributed by atoms with Gasteiger partial charge in [-0.3, -0.25) is 0 Å². The maximum absolute atomic E-state index is 6.20. The SMILES string of the molecule is CCOc1cc2c(cc1OCC)[C@@H](N)CCC2C. The van der Waals surface area contributed by atoms with Crippen molar-refractivity contribution in [2.45, 2.75) is 45.6 Å². The summed E-state index contributed by atoms with van der Waals surface area (Å²) in [5, 5.41) is 0. The first kappa shape index (κ1) is 13.2. The molecule has 0 spiro atoms. The number of fused-ring (bicyclic) bond motifs is 1. The second-order valence-corrected chi connectivity index (χ2v) is 4.88. The second kappa shape index (κ2) is 5.61. The predicted octanol–water partition coefficient (Wildman–Crippen LogP) is 3.38. The van der Waals surface area contributed by atoms with Crippen molar-refractivity contribution in [2.75, 3.05) is 13.2 Å². The topological polar surface area (TPSA) is 44.5 Å². The smallest absolute Gasteiger partial charge is 0.161 e. The zero-order chi connectivity index (χ0) is 13.1. The largest absolute Gasteiger partial charge is 0.490 e. The second-order valence-electron chi connectivity index (χ2n) is 4.88. The third-order valence-electron chi connectivity index (χ3n) is 3.59. The Morgan fingerprint density at radius 1 is 1.06 bits per heavy atom. The summed E-state index contributed by atoms with van der Waals surface area (Å²) >= 11 is 0. The molecule has 0 fully saturated rings. The molecule has 2 rings (SSSR count). The van der Waals surface area contributed by atoms with Crippen LogP contribution in [-0.4, -0.2) is 13.2 Å². The van der Waals surface area contributed by atoms with Crippen LogP contribution >= 0.6 is 0 Å². The van der Waals surface area contributed by atoms with E-state index < -0.39 is 0 Å². The Morgan fingerprint density at radius 3 is 2.17 bits per heavy atom. The molecule has 3 heteroatoms. The first-order chi connectivity index (χ1) is 8.67. The van der Waals surface area contributed by atoms with Gasteiger partial charge in [0.2, 0.25) is 0 Å². The molecule has 0 saturated carbocycles. The van der Waals surface area contributed by atoms with Crippen molar-refractivity contribution in [1.82, 2.24) is 0 Å². The molecule has 2 N–H and O–H groups in total. The zero-order valence-electron chi connectivity index (χ0n) is 11.5. The minimum atomic E-state index is 0.131. The van der Waals surface area contributed by atoms with E-state index in [1.165, 1.54) is 11.1 Å². The fraction of sp³-hybridized carbons (Fsp3) is 0.600. The van der Waals surface area contributed by atoms with Crippen LogP contribution in [0.3, 0.4) is 0 Å². The molecule has 1 aliphatic rings. The maximum Gasteiger partial charge on any atom is 0.161 e. The van der Waals surface area contributed by atoms with Crippen molar-refractivity contribution >= 4 is 0 Å². The van der Waals surface area contributed by atoms with Crippen LogP contribution in [0.5, 0.6) is 11.5 Å². The monoisotopic (exact) mass is 249 g/mol. The molecule has 0 aromatic heterocycles. The lowest BCUT2D eigenvalue weighted by atomic mass is 9.81. The van der Waals surface area contributed by atoms with E-state index in [9.17, 15) is 0 Å². The van der Waals surface area contributed by atoms with Gasteiger partial charge in [0.15, 0.2) is 11.5 Å². The van der Waals surface area contributed by atoms with E-state index in [1.807, 2.05) is 13.8 Å². The summed E-state index contributed by atoms with van der Waals surface area (Å²) in [6.07, 6.45) is 2.20. The van der Waals surface area contributed by atoms with Crippen LogP contribution in [0.15, 0.2) is 12.1 Å². The van der Waals surface area contributed by atoms with E-state index in [1.54, 1.807) is 0 Å². The number of hydrogen-bond acceptors (Lipinski definition) is 3. The molecule has 0 aliphatic heterocycles. The van der Waals surface area contributed by atoms with Crippen LogP contribution in [0.4, 0.5) is 0 Å². The summed E-state index contributed by atoms with van der Waals surface area (Å²) < 4.78 is 11.3. The van der Waals surface area contributed by atoms with Gasteiger partial charge in [0.1, 0.15) is 0 Å². The van der Waals surface area contributed by atoms with Crippen molar-refractivity contribution in [3.63, 3.8) is 0 Å². The number of hydrogen-bond donors (Lipinski definition) is 1. The Bertz CT molecular complexity index is 378. The molecule has 1 aliphatic carbocycles. The maximum atomic E-state index is 6.20. The van der Waals surface area contributed by atoms with E-state index in [0.29, 0.717) is 19.1 Å². The number of nitrogens with two attached hydrogens (primary N) is 1. The Morgan fingerprint density at radius 2 is 1.61 bits per heavy atom. The van der Waals surface area contributed by atoms with E-state index in [0.717, 1.165) is 24.3 Å². The first-order valence-electron chi connectivity index (χ1n) is 6.86. The Hall–Kier alpha value is -1.22. The minimum Gasteiger partial charge on any atom is -0.490 e. The van der Waals surface area contributed by atoms with E-state index >= 15 is 0 Å². The van der Waals surface area contributed by atoms with E-state index in [2.05, 4.69) is 19.1 Å². The normalized spacial score (nSPS) is 22.4. The van der Waals surface area contributed by atoms with Crippen molar-refractivity contribution < 1.29 is 9.47 Å². The summed E-state index contributed by atoms with van der Waals surface area (Å²) in [5.41, 5.74) is 8.74. The molecule has 0 bridgehead atoms. The molecule has 1 aromatic carbocycles. The van der Waals surface area contributed by atoms with E-state index in [-0.39, 0.29) is 6.04 Å². The molecular formula is C15H23NO2. The van der Waals surface area contributed by atoms with Crippen LogP contribution in [-0.2, 0) is 0 Å². The summed E-state index contributed by atoms with van der Waals surface area (Å²) in [4.78, 5) is 0. The average Bonchev–Trinajstić information content (AvgIpc) is 2.36. The van der Waals surface area contributed by atoms with Crippen molar-refractivity contribution in [1.29, 1.82) is 0 Å². The quantitative estimate of drug-likeness (QED) is 0.889. The fourth-order valence-electron chi connectivity index (χ4n) is 2.62.